The highest BCUT2D eigenvalue weighted by Crippen LogP contribution is 2.23. The first kappa shape index (κ1) is 18.7. The molecule has 0 saturated heterocycles. The summed E-state index contributed by atoms with van der Waals surface area (Å²) in [5.41, 5.74) is 2.99. The number of amides is 1. The normalized spacial score (nSPS) is 10.3. The van der Waals surface area contributed by atoms with Crippen LogP contribution < -0.4 is 15.4 Å². The number of nitrogens with zero attached hydrogens (tertiary/aromatic N) is 2. The number of hydrogen-bond donors (Lipinski definition) is 2. The molecule has 0 aliphatic heterocycles. The van der Waals surface area contributed by atoms with Crippen LogP contribution in [-0.4, -0.2) is 23.0 Å². The smallest absolute Gasteiger partial charge is 0.270 e. The summed E-state index contributed by atoms with van der Waals surface area (Å²) < 4.78 is 5.29. The lowest BCUT2D eigenvalue weighted by molar-refractivity contribution is 0.0945. The van der Waals surface area contributed by atoms with Gasteiger partial charge in [0.05, 0.1) is 7.11 Å². The topological polar surface area (TPSA) is 76.1 Å². The average molecular weight is 383 g/mol. The Bertz CT molecular complexity index is 962. The third kappa shape index (κ3) is 4.74. The Hall–Kier alpha value is -3.12. The Morgan fingerprint density at radius 2 is 1.96 bits per heavy atom. The lowest BCUT2D eigenvalue weighted by Crippen LogP contribution is -2.24. The quantitative estimate of drug-likeness (QED) is 0.670. The van der Waals surface area contributed by atoms with Crippen LogP contribution in [-0.2, 0) is 6.54 Å². The second-order valence-corrected chi connectivity index (χ2v) is 6.30. The van der Waals surface area contributed by atoms with E-state index >= 15 is 0 Å². The van der Waals surface area contributed by atoms with Crippen molar-refractivity contribution in [3.8, 4) is 5.75 Å². The van der Waals surface area contributed by atoms with E-state index in [2.05, 4.69) is 20.6 Å². The van der Waals surface area contributed by atoms with Gasteiger partial charge in [-0.1, -0.05) is 35.9 Å². The number of aromatic nitrogens is 2. The standard InChI is InChI=1S/C20H19ClN4O2/c1-13-7-8-15(21)9-16(13)25-19-10-17(23-12-24-19)20(26)22-11-14-5-3-4-6-18(14)27-2/h3-10,12H,11H2,1-2H3,(H,22,26)(H,23,24,25). The van der Waals surface area contributed by atoms with Crippen LogP contribution in [0.4, 0.5) is 11.5 Å². The molecular formula is C20H19ClN4O2. The Morgan fingerprint density at radius 3 is 2.78 bits per heavy atom. The molecule has 0 aliphatic rings. The number of carbonyl (C=O) groups is 1. The van der Waals surface area contributed by atoms with Crippen LogP contribution in [0, 0.1) is 6.92 Å². The van der Waals surface area contributed by atoms with Crippen molar-refractivity contribution in [2.45, 2.75) is 13.5 Å². The van der Waals surface area contributed by atoms with Crippen molar-refractivity contribution < 1.29 is 9.53 Å². The molecule has 1 heterocycles. The van der Waals surface area contributed by atoms with Crippen LogP contribution in [0.2, 0.25) is 5.02 Å². The molecule has 7 heteroatoms. The lowest BCUT2D eigenvalue weighted by atomic mass is 10.2. The number of carbonyl (C=O) groups excluding carboxylic acids is 1. The molecule has 0 saturated carbocycles. The van der Waals surface area contributed by atoms with Crippen LogP contribution in [0.1, 0.15) is 21.6 Å². The van der Waals surface area contributed by atoms with Gasteiger partial charge in [0.15, 0.2) is 0 Å². The van der Waals surface area contributed by atoms with E-state index in [4.69, 9.17) is 16.3 Å². The van der Waals surface area contributed by atoms with Crippen LogP contribution in [0.5, 0.6) is 5.75 Å². The van der Waals surface area contributed by atoms with Crippen LogP contribution in [0.25, 0.3) is 0 Å². The van der Waals surface area contributed by atoms with Crippen molar-refractivity contribution in [1.29, 1.82) is 0 Å². The van der Waals surface area contributed by atoms with E-state index in [1.807, 2.05) is 43.3 Å². The molecule has 0 aliphatic carbocycles. The third-order valence-electron chi connectivity index (χ3n) is 3.99. The predicted octanol–water partition coefficient (Wildman–Crippen LogP) is 4.12. The number of ether oxygens (including phenoxy) is 1. The summed E-state index contributed by atoms with van der Waals surface area (Å²) in [5, 5.41) is 6.63. The first-order valence-corrected chi connectivity index (χ1v) is 8.70. The van der Waals surface area contributed by atoms with E-state index in [0.717, 1.165) is 22.6 Å². The molecular weight excluding hydrogens is 364 g/mol. The maximum Gasteiger partial charge on any atom is 0.270 e. The number of para-hydroxylation sites is 1. The number of nitrogens with one attached hydrogen (secondary N) is 2. The predicted molar refractivity (Wildman–Crippen MR) is 106 cm³/mol. The van der Waals surface area contributed by atoms with Gasteiger partial charge in [0.25, 0.3) is 5.91 Å². The highest BCUT2D eigenvalue weighted by molar-refractivity contribution is 6.30. The van der Waals surface area contributed by atoms with E-state index in [-0.39, 0.29) is 11.6 Å². The Balaban J connectivity index is 1.71. The fourth-order valence-electron chi connectivity index (χ4n) is 2.53. The van der Waals surface area contributed by atoms with Gasteiger partial charge in [-0.3, -0.25) is 4.79 Å². The summed E-state index contributed by atoms with van der Waals surface area (Å²) in [4.78, 5) is 20.7. The summed E-state index contributed by atoms with van der Waals surface area (Å²) in [6, 6.07) is 14.6. The van der Waals surface area contributed by atoms with Gasteiger partial charge in [-0.25, -0.2) is 9.97 Å². The van der Waals surface area contributed by atoms with Gasteiger partial charge in [0.2, 0.25) is 0 Å². The molecule has 2 N–H and O–H groups in total. The van der Waals surface area contributed by atoms with Crippen LogP contribution in [0.15, 0.2) is 54.9 Å². The number of rotatable bonds is 6. The maximum absolute atomic E-state index is 12.5. The molecule has 6 nitrogen and oxygen atoms in total. The summed E-state index contributed by atoms with van der Waals surface area (Å²) in [6.07, 6.45) is 1.35. The highest BCUT2D eigenvalue weighted by Gasteiger charge is 2.11. The minimum absolute atomic E-state index is 0.266. The summed E-state index contributed by atoms with van der Waals surface area (Å²) >= 11 is 6.04. The van der Waals surface area contributed by atoms with E-state index in [1.165, 1.54) is 6.33 Å². The number of aryl methyl sites for hydroxylation is 1. The van der Waals surface area contributed by atoms with Gasteiger partial charge >= 0.3 is 0 Å². The number of halogens is 1. The molecule has 3 aromatic rings. The number of anilines is 2. The van der Waals surface area contributed by atoms with Crippen molar-refractivity contribution in [3.05, 3.63) is 76.7 Å². The first-order valence-electron chi connectivity index (χ1n) is 8.32. The zero-order chi connectivity index (χ0) is 19.2. The second-order valence-electron chi connectivity index (χ2n) is 5.87. The molecule has 0 unspecified atom stereocenters. The van der Waals surface area contributed by atoms with Crippen molar-refractivity contribution in [3.63, 3.8) is 0 Å². The number of hydrogen-bond acceptors (Lipinski definition) is 5. The lowest BCUT2D eigenvalue weighted by Gasteiger charge is -2.11. The van der Waals surface area contributed by atoms with Crippen LogP contribution >= 0.6 is 11.6 Å². The molecule has 27 heavy (non-hydrogen) atoms. The Morgan fingerprint density at radius 1 is 1.15 bits per heavy atom. The maximum atomic E-state index is 12.5. The molecule has 0 bridgehead atoms. The Labute approximate surface area is 162 Å². The molecule has 0 fully saturated rings. The van der Waals surface area contributed by atoms with E-state index < -0.39 is 0 Å². The SMILES string of the molecule is COc1ccccc1CNC(=O)c1cc(Nc2cc(Cl)ccc2C)ncn1. The van der Waals surface area contributed by atoms with Gasteiger partial charge in [-0.2, -0.15) is 0 Å². The van der Waals surface area contributed by atoms with Gasteiger partial charge in [-0.15, -0.1) is 0 Å². The minimum Gasteiger partial charge on any atom is -0.496 e. The fourth-order valence-corrected chi connectivity index (χ4v) is 2.70. The van der Waals surface area contributed by atoms with E-state index in [0.29, 0.717) is 17.4 Å². The van der Waals surface area contributed by atoms with Crippen molar-refractivity contribution in [2.75, 3.05) is 12.4 Å². The zero-order valence-electron chi connectivity index (χ0n) is 15.0. The molecule has 138 valence electrons. The van der Waals surface area contributed by atoms with Crippen molar-refractivity contribution >= 4 is 29.0 Å². The minimum atomic E-state index is -0.297. The molecule has 1 aromatic heterocycles. The zero-order valence-corrected chi connectivity index (χ0v) is 15.7. The molecule has 2 aromatic carbocycles. The first-order chi connectivity index (χ1) is 13.1. The van der Waals surface area contributed by atoms with Crippen molar-refractivity contribution in [1.82, 2.24) is 15.3 Å². The van der Waals surface area contributed by atoms with Gasteiger partial charge in [0, 0.05) is 28.9 Å². The summed E-state index contributed by atoms with van der Waals surface area (Å²) in [7, 11) is 1.60. The second kappa shape index (κ2) is 8.51. The Kier molecular flexibility index (Phi) is 5.88. The molecule has 0 radical (unpaired) electrons. The molecule has 0 spiro atoms. The third-order valence-corrected chi connectivity index (χ3v) is 4.23. The highest BCUT2D eigenvalue weighted by atomic mass is 35.5. The number of benzene rings is 2. The molecule has 1 amide bonds. The van der Waals surface area contributed by atoms with Gasteiger partial charge in [0.1, 0.15) is 23.6 Å². The van der Waals surface area contributed by atoms with Crippen LogP contribution in [0.3, 0.4) is 0 Å². The van der Waals surface area contributed by atoms with E-state index in [9.17, 15) is 4.79 Å². The van der Waals surface area contributed by atoms with Crippen molar-refractivity contribution in [2.24, 2.45) is 0 Å². The summed E-state index contributed by atoms with van der Waals surface area (Å²) in [6.45, 7) is 2.30. The largest absolute Gasteiger partial charge is 0.496 e. The van der Waals surface area contributed by atoms with Gasteiger partial charge < -0.3 is 15.4 Å². The monoisotopic (exact) mass is 382 g/mol. The molecule has 3 rings (SSSR count). The number of methoxy groups -OCH3 is 1. The average Bonchev–Trinajstić information content (AvgIpc) is 2.69. The summed E-state index contributed by atoms with van der Waals surface area (Å²) in [5.74, 6) is 0.936. The van der Waals surface area contributed by atoms with Gasteiger partial charge in [-0.05, 0) is 30.7 Å². The van der Waals surface area contributed by atoms with E-state index in [1.54, 1.807) is 19.2 Å². The molecule has 0 atom stereocenters. The fraction of sp³-hybridized carbons (Fsp3) is 0.150.